The number of hydrogen-bond donors (Lipinski definition) is 0. The second-order valence-electron chi connectivity index (χ2n) is 5.13. The molecule has 17 heavy (non-hydrogen) atoms. The van der Waals surface area contributed by atoms with E-state index in [1.807, 2.05) is 0 Å². The summed E-state index contributed by atoms with van der Waals surface area (Å²) in [4.78, 5) is 2.45. The highest BCUT2D eigenvalue weighted by atomic mass is 15.1. The molecular weight excluding hydrogens is 206 g/mol. The molecule has 0 fully saturated rings. The Morgan fingerprint density at radius 1 is 1.29 bits per heavy atom. The molecule has 1 aliphatic carbocycles. The van der Waals surface area contributed by atoms with E-state index in [4.69, 9.17) is 0 Å². The molecule has 1 heteroatoms. The van der Waals surface area contributed by atoms with Crippen LogP contribution in [0.1, 0.15) is 39.5 Å². The van der Waals surface area contributed by atoms with Crippen molar-refractivity contribution in [2.45, 2.75) is 39.5 Å². The van der Waals surface area contributed by atoms with E-state index in [0.717, 1.165) is 19.4 Å². The van der Waals surface area contributed by atoms with Gasteiger partial charge in [0.1, 0.15) is 0 Å². The van der Waals surface area contributed by atoms with Gasteiger partial charge in [0.2, 0.25) is 0 Å². The second-order valence-corrected chi connectivity index (χ2v) is 5.13. The number of hydrogen-bond acceptors (Lipinski definition) is 1. The molecule has 1 heterocycles. The van der Waals surface area contributed by atoms with E-state index < -0.39 is 0 Å². The maximum atomic E-state index is 2.45. The molecular formula is C16H23N. The van der Waals surface area contributed by atoms with Crippen LogP contribution in [0.4, 0.5) is 0 Å². The molecule has 92 valence electrons. The lowest BCUT2D eigenvalue weighted by molar-refractivity contribution is 0.427. The zero-order chi connectivity index (χ0) is 12.3. The zero-order valence-electron chi connectivity index (χ0n) is 11.3. The van der Waals surface area contributed by atoms with Crippen LogP contribution in [-0.2, 0) is 0 Å². The Morgan fingerprint density at radius 2 is 2.12 bits per heavy atom. The molecule has 1 aliphatic heterocycles. The lowest BCUT2D eigenvalue weighted by Crippen LogP contribution is -2.20. The van der Waals surface area contributed by atoms with Crippen molar-refractivity contribution in [3.63, 3.8) is 0 Å². The second kappa shape index (κ2) is 5.39. The molecule has 0 saturated heterocycles. The van der Waals surface area contributed by atoms with E-state index in [9.17, 15) is 0 Å². The average molecular weight is 229 g/mol. The normalized spacial score (nSPS) is 20.5. The Hall–Kier alpha value is -1.24. The number of allylic oxidation sites excluding steroid dienone is 7. The quantitative estimate of drug-likeness (QED) is 0.685. The van der Waals surface area contributed by atoms with Crippen molar-refractivity contribution in [2.75, 3.05) is 13.6 Å². The fourth-order valence-electron chi connectivity index (χ4n) is 2.80. The van der Waals surface area contributed by atoms with Crippen LogP contribution in [0.2, 0.25) is 0 Å². The van der Waals surface area contributed by atoms with Crippen molar-refractivity contribution in [2.24, 2.45) is 0 Å². The summed E-state index contributed by atoms with van der Waals surface area (Å²) in [6.07, 6.45) is 13.6. The largest absolute Gasteiger partial charge is 0.374 e. The van der Waals surface area contributed by atoms with Crippen molar-refractivity contribution in [1.29, 1.82) is 0 Å². The molecule has 2 aliphatic rings. The third kappa shape index (κ3) is 2.71. The summed E-state index contributed by atoms with van der Waals surface area (Å²) in [5, 5.41) is 0. The van der Waals surface area contributed by atoms with Crippen LogP contribution >= 0.6 is 0 Å². The highest BCUT2D eigenvalue weighted by Gasteiger charge is 2.17. The van der Waals surface area contributed by atoms with E-state index in [2.05, 4.69) is 50.1 Å². The highest BCUT2D eigenvalue weighted by molar-refractivity contribution is 5.39. The van der Waals surface area contributed by atoms with Gasteiger partial charge < -0.3 is 4.90 Å². The van der Waals surface area contributed by atoms with E-state index in [1.54, 1.807) is 16.8 Å². The van der Waals surface area contributed by atoms with Gasteiger partial charge >= 0.3 is 0 Å². The van der Waals surface area contributed by atoms with Gasteiger partial charge in [-0.25, -0.2) is 0 Å². The van der Waals surface area contributed by atoms with Gasteiger partial charge in [0.25, 0.3) is 0 Å². The van der Waals surface area contributed by atoms with Crippen LogP contribution in [0.3, 0.4) is 0 Å². The van der Waals surface area contributed by atoms with Crippen molar-refractivity contribution in [1.82, 2.24) is 4.90 Å². The summed E-state index contributed by atoms with van der Waals surface area (Å²) in [6.45, 7) is 5.65. The molecule has 1 nitrogen and oxygen atoms in total. The van der Waals surface area contributed by atoms with Crippen molar-refractivity contribution in [3.05, 3.63) is 46.7 Å². The van der Waals surface area contributed by atoms with Gasteiger partial charge in [0, 0.05) is 19.3 Å². The fraction of sp³-hybridized carbons (Fsp3) is 0.500. The van der Waals surface area contributed by atoms with Crippen LogP contribution in [0, 0.1) is 0 Å². The molecule has 0 unspecified atom stereocenters. The Kier molecular flexibility index (Phi) is 3.88. The van der Waals surface area contributed by atoms with Crippen molar-refractivity contribution < 1.29 is 0 Å². The molecule has 0 amide bonds. The van der Waals surface area contributed by atoms with E-state index in [1.165, 1.54) is 18.4 Å². The first-order chi connectivity index (χ1) is 8.22. The maximum absolute atomic E-state index is 2.45. The lowest BCUT2D eigenvalue weighted by atomic mass is 9.99. The number of rotatable bonds is 2. The first-order valence-electron chi connectivity index (χ1n) is 6.66. The molecule has 0 atom stereocenters. The smallest absolute Gasteiger partial charge is 0.0391 e. The molecule has 0 spiro atoms. The van der Waals surface area contributed by atoms with Crippen LogP contribution < -0.4 is 0 Å². The standard InChI is InChI=1S/C16H23N/c1-4-8-16-13(2)11-14-9-6-5-7-10-15(14)12-17(16)3/h5-7,9H,4,8,10-12H2,1-3H3. The third-order valence-corrected chi connectivity index (χ3v) is 3.69. The summed E-state index contributed by atoms with van der Waals surface area (Å²) >= 11 is 0. The molecule has 0 saturated carbocycles. The van der Waals surface area contributed by atoms with E-state index in [0.29, 0.717) is 0 Å². The summed E-state index contributed by atoms with van der Waals surface area (Å²) in [6, 6.07) is 0. The summed E-state index contributed by atoms with van der Waals surface area (Å²) in [5.74, 6) is 0. The molecule has 0 aromatic carbocycles. The predicted octanol–water partition coefficient (Wildman–Crippen LogP) is 4.21. The molecule has 2 rings (SSSR count). The topological polar surface area (TPSA) is 3.24 Å². The van der Waals surface area contributed by atoms with Gasteiger partial charge in [-0.2, -0.15) is 0 Å². The first kappa shape index (κ1) is 12.2. The average Bonchev–Trinajstić information content (AvgIpc) is 2.56. The van der Waals surface area contributed by atoms with Gasteiger partial charge in [0.05, 0.1) is 0 Å². The van der Waals surface area contributed by atoms with Crippen LogP contribution in [0.25, 0.3) is 0 Å². The molecule has 0 aromatic heterocycles. The van der Waals surface area contributed by atoms with Gasteiger partial charge in [-0.1, -0.05) is 37.6 Å². The van der Waals surface area contributed by atoms with Gasteiger partial charge in [-0.3, -0.25) is 0 Å². The maximum Gasteiger partial charge on any atom is 0.0391 e. The fourth-order valence-corrected chi connectivity index (χ4v) is 2.80. The SMILES string of the molecule is CCCC1=C(C)CC2=C(CC=CC=C2)CN1C. The Labute approximate surface area is 105 Å². The lowest BCUT2D eigenvalue weighted by Gasteiger charge is -2.23. The highest BCUT2D eigenvalue weighted by Crippen LogP contribution is 2.30. The van der Waals surface area contributed by atoms with Crippen molar-refractivity contribution >= 4 is 0 Å². The monoisotopic (exact) mass is 229 g/mol. The number of likely N-dealkylation sites (N-methyl/N-ethyl adjacent to an activating group) is 1. The summed E-state index contributed by atoms with van der Waals surface area (Å²) in [5.41, 5.74) is 6.22. The van der Waals surface area contributed by atoms with Gasteiger partial charge in [-0.05, 0) is 42.9 Å². The van der Waals surface area contributed by atoms with Crippen LogP contribution in [0.5, 0.6) is 0 Å². The number of nitrogens with zero attached hydrogens (tertiary/aromatic N) is 1. The van der Waals surface area contributed by atoms with Crippen LogP contribution in [0.15, 0.2) is 46.7 Å². The Morgan fingerprint density at radius 3 is 2.88 bits per heavy atom. The van der Waals surface area contributed by atoms with E-state index in [-0.39, 0.29) is 0 Å². The predicted molar refractivity (Wildman–Crippen MR) is 74.8 cm³/mol. The van der Waals surface area contributed by atoms with Gasteiger partial charge in [-0.15, -0.1) is 0 Å². The first-order valence-corrected chi connectivity index (χ1v) is 6.66. The Bertz CT molecular complexity index is 407. The molecule has 0 aromatic rings. The minimum absolute atomic E-state index is 1.09. The molecule has 0 bridgehead atoms. The molecule has 0 N–H and O–H groups in total. The third-order valence-electron chi connectivity index (χ3n) is 3.69. The molecule has 0 radical (unpaired) electrons. The zero-order valence-corrected chi connectivity index (χ0v) is 11.3. The van der Waals surface area contributed by atoms with Crippen molar-refractivity contribution in [3.8, 4) is 0 Å². The Balaban J connectivity index is 2.29. The van der Waals surface area contributed by atoms with Gasteiger partial charge in [0.15, 0.2) is 0 Å². The van der Waals surface area contributed by atoms with Crippen LogP contribution in [-0.4, -0.2) is 18.5 Å². The minimum atomic E-state index is 1.09. The van der Waals surface area contributed by atoms with E-state index >= 15 is 0 Å². The summed E-state index contributed by atoms with van der Waals surface area (Å²) in [7, 11) is 2.24. The summed E-state index contributed by atoms with van der Waals surface area (Å²) < 4.78 is 0. The minimum Gasteiger partial charge on any atom is -0.374 e.